The minimum absolute atomic E-state index is 0.0357. The molecule has 4 atom stereocenters. The fourth-order valence-corrected chi connectivity index (χ4v) is 9.09. The summed E-state index contributed by atoms with van der Waals surface area (Å²) in [4.78, 5) is 104. The maximum absolute atomic E-state index is 13.0. The number of benzene rings is 1. The highest BCUT2D eigenvalue weighted by molar-refractivity contribution is 8.00. The zero-order chi connectivity index (χ0) is 43.1. The summed E-state index contributed by atoms with van der Waals surface area (Å²) >= 11 is 1.76. The predicted octanol–water partition coefficient (Wildman–Crippen LogP) is -1.26. The van der Waals surface area contributed by atoms with Crippen LogP contribution in [0.1, 0.15) is 31.2 Å². The van der Waals surface area contributed by atoms with Gasteiger partial charge in [-0.2, -0.15) is 11.8 Å². The van der Waals surface area contributed by atoms with Crippen LogP contribution in [0.2, 0.25) is 0 Å². The van der Waals surface area contributed by atoms with Gasteiger partial charge in [-0.3, -0.25) is 53.2 Å². The second-order valence-electron chi connectivity index (χ2n) is 14.9. The normalized spacial score (nSPS) is 22.2. The molecule has 21 nitrogen and oxygen atoms in total. The molecule has 4 rings (SSSR count). The molecular weight excluding hydrogens is 797 g/mol. The van der Waals surface area contributed by atoms with Gasteiger partial charge in [0, 0.05) is 75.0 Å². The van der Waals surface area contributed by atoms with E-state index in [1.165, 1.54) is 0 Å². The van der Waals surface area contributed by atoms with E-state index in [9.17, 15) is 63.9 Å². The molecule has 0 saturated carbocycles. The van der Waals surface area contributed by atoms with Crippen LogP contribution in [0.15, 0.2) is 24.3 Å². The van der Waals surface area contributed by atoms with Crippen LogP contribution < -0.4 is 16.0 Å². The van der Waals surface area contributed by atoms with Crippen LogP contribution in [0.5, 0.6) is 0 Å². The van der Waals surface area contributed by atoms with E-state index in [1.807, 2.05) is 0 Å². The molecule has 0 aliphatic carbocycles. The van der Waals surface area contributed by atoms with Crippen molar-refractivity contribution in [3.05, 3.63) is 29.8 Å². The van der Waals surface area contributed by atoms with Gasteiger partial charge in [-0.15, -0.1) is 0 Å². The lowest BCUT2D eigenvalue weighted by Gasteiger charge is -2.37. The average Bonchev–Trinajstić information content (AvgIpc) is 3.70. The van der Waals surface area contributed by atoms with E-state index in [-0.39, 0.29) is 95.1 Å². The maximum Gasteiger partial charge on any atom is 0.323 e. The summed E-state index contributed by atoms with van der Waals surface area (Å²) in [5.74, 6) is -6.03. The van der Waals surface area contributed by atoms with Gasteiger partial charge in [0.05, 0.1) is 38.3 Å². The van der Waals surface area contributed by atoms with Crippen molar-refractivity contribution in [1.29, 1.82) is 0 Å². The first kappa shape index (κ1) is 46.7. The fraction of sp³-hybridized carbons (Fsp3) is 0.622. The van der Waals surface area contributed by atoms with E-state index >= 15 is 0 Å². The number of thioether (sulfide) groups is 1. The molecule has 4 unspecified atom stereocenters. The number of carboxylic acids is 5. The van der Waals surface area contributed by atoms with Gasteiger partial charge in [0.15, 0.2) is 0 Å². The first-order chi connectivity index (χ1) is 28.0. The van der Waals surface area contributed by atoms with Gasteiger partial charge in [-0.1, -0.05) is 18.6 Å². The third-order valence-electron chi connectivity index (χ3n) is 10.4. The van der Waals surface area contributed by atoms with Crippen molar-refractivity contribution in [3.8, 4) is 0 Å². The highest BCUT2D eigenvalue weighted by atomic mass is 32.2. The van der Waals surface area contributed by atoms with Crippen molar-refractivity contribution in [1.82, 2.24) is 35.1 Å². The second-order valence-corrected chi connectivity index (χ2v) is 16.2. The minimum atomic E-state index is -1.27. The minimum Gasteiger partial charge on any atom is -0.480 e. The summed E-state index contributed by atoms with van der Waals surface area (Å²) in [6.07, 6.45) is 2.21. The number of amides is 4. The van der Waals surface area contributed by atoms with E-state index in [0.717, 1.165) is 17.1 Å². The van der Waals surface area contributed by atoms with Gasteiger partial charge in [0.25, 0.3) is 0 Å². The van der Waals surface area contributed by atoms with E-state index in [4.69, 9.17) is 0 Å². The third kappa shape index (κ3) is 16.3. The first-order valence-corrected chi connectivity index (χ1v) is 20.4. The number of aliphatic carboxylic acids is 5. The molecular formula is C37H54N8O13S. The number of fused-ring (bicyclic) bond motifs is 1. The highest BCUT2D eigenvalue weighted by Crippen LogP contribution is 2.33. The van der Waals surface area contributed by atoms with Crippen LogP contribution >= 0.6 is 11.8 Å². The van der Waals surface area contributed by atoms with Crippen molar-refractivity contribution in [3.63, 3.8) is 0 Å². The summed E-state index contributed by atoms with van der Waals surface area (Å²) in [7, 11) is 0. The zero-order valence-electron chi connectivity index (χ0n) is 32.7. The molecule has 3 aliphatic rings. The maximum atomic E-state index is 13.0. The Labute approximate surface area is 345 Å². The van der Waals surface area contributed by atoms with Gasteiger partial charge >= 0.3 is 35.9 Å². The molecule has 4 amide bonds. The number of unbranched alkanes of at least 4 members (excludes halogenated alkanes) is 1. The van der Waals surface area contributed by atoms with Crippen molar-refractivity contribution in [2.24, 2.45) is 0 Å². The quantitative estimate of drug-likeness (QED) is 0.0561. The number of rotatable bonds is 20. The number of nitrogens with one attached hydrogen (secondary N) is 3. The molecule has 1 aromatic rings. The SMILES string of the molecule is O=C(O)CN1CCN(CC(=O)O)CCN(CC(=O)O)C(Cc2ccc(NC(=O)CN(CC(=O)O)C(=O)CCCCC3SCC4NC(=O)NC43)cc2)CN(CC(=O)O)CC1. The summed E-state index contributed by atoms with van der Waals surface area (Å²) in [5, 5.41) is 56.7. The van der Waals surface area contributed by atoms with Gasteiger partial charge in [0.1, 0.15) is 13.1 Å². The molecule has 1 aromatic carbocycles. The molecule has 0 spiro atoms. The van der Waals surface area contributed by atoms with Crippen molar-refractivity contribution in [2.75, 3.05) is 96.2 Å². The Bertz CT molecular complexity index is 1670. The number of carbonyl (C=O) groups is 8. The largest absolute Gasteiger partial charge is 0.480 e. The van der Waals surface area contributed by atoms with E-state index in [2.05, 4.69) is 16.0 Å². The number of nitrogens with zero attached hydrogens (tertiary/aromatic N) is 5. The van der Waals surface area contributed by atoms with E-state index in [0.29, 0.717) is 24.1 Å². The average molecular weight is 851 g/mol. The Kier molecular flexibility index (Phi) is 18.1. The molecule has 0 bridgehead atoms. The molecule has 0 radical (unpaired) electrons. The van der Waals surface area contributed by atoms with Gasteiger partial charge in [-0.05, 0) is 37.0 Å². The molecule has 59 heavy (non-hydrogen) atoms. The predicted molar refractivity (Wildman–Crippen MR) is 212 cm³/mol. The lowest BCUT2D eigenvalue weighted by Crippen LogP contribution is -2.53. The van der Waals surface area contributed by atoms with Crippen LogP contribution in [-0.2, 0) is 40.0 Å². The standard InChI is InChI=1S/C37H54N8O13S/c46-29(17-45(22-35(56)57)30(47)4-2-1-3-28-36-27(23-59-28)39-37(58)40-36)38-25-7-5-24(6-8-25)15-26-16-43(20-33(52)53)12-11-41(18-31(48)49)9-10-42(19-32(50)51)13-14-44(26)21-34(54)55/h5-8,26-28,36H,1-4,9-23H2,(H,38,46)(H,48,49)(H,50,51)(H,52,53)(H,54,55)(H,56,57)(H2,39,40,58). The summed E-state index contributed by atoms with van der Waals surface area (Å²) in [6.45, 7) is -1.65. The number of hydrogen-bond acceptors (Lipinski definition) is 13. The Morgan fingerprint density at radius 1 is 0.712 bits per heavy atom. The molecule has 3 aliphatic heterocycles. The number of carboxylic acid groups (broad SMARTS) is 5. The number of carbonyl (C=O) groups excluding carboxylic acids is 3. The molecule has 3 fully saturated rings. The molecule has 326 valence electrons. The fourth-order valence-electron chi connectivity index (χ4n) is 7.54. The summed E-state index contributed by atoms with van der Waals surface area (Å²) < 4.78 is 0. The van der Waals surface area contributed by atoms with Crippen LogP contribution in [0.4, 0.5) is 10.5 Å². The van der Waals surface area contributed by atoms with E-state index < -0.39 is 73.9 Å². The molecule has 22 heteroatoms. The number of hydrogen-bond donors (Lipinski definition) is 8. The Morgan fingerprint density at radius 2 is 1.29 bits per heavy atom. The molecule has 8 N–H and O–H groups in total. The Morgan fingerprint density at radius 3 is 1.88 bits per heavy atom. The second kappa shape index (κ2) is 22.9. The Balaban J connectivity index is 1.40. The van der Waals surface area contributed by atoms with Crippen molar-refractivity contribution >= 4 is 65.1 Å². The van der Waals surface area contributed by atoms with Crippen LogP contribution in [0, 0.1) is 0 Å². The first-order valence-electron chi connectivity index (χ1n) is 19.4. The Hall–Kier alpha value is -5.03. The topological polar surface area (TPSA) is 290 Å². The summed E-state index contributed by atoms with van der Waals surface area (Å²) in [6, 6.07) is 5.92. The molecule has 0 aromatic heterocycles. The molecule has 3 heterocycles. The van der Waals surface area contributed by atoms with E-state index in [1.54, 1.807) is 55.6 Å². The summed E-state index contributed by atoms with van der Waals surface area (Å²) in [5.41, 5.74) is 1.04. The molecule has 3 saturated heterocycles. The smallest absolute Gasteiger partial charge is 0.323 e. The van der Waals surface area contributed by atoms with Gasteiger partial charge in [-0.25, -0.2) is 4.79 Å². The van der Waals surface area contributed by atoms with Crippen molar-refractivity contribution < 1.29 is 63.9 Å². The number of anilines is 1. The zero-order valence-corrected chi connectivity index (χ0v) is 33.5. The van der Waals surface area contributed by atoms with Crippen LogP contribution in [-0.4, -0.2) is 212 Å². The van der Waals surface area contributed by atoms with Crippen molar-refractivity contribution in [2.45, 2.75) is 55.5 Å². The van der Waals surface area contributed by atoms with Crippen LogP contribution in [0.25, 0.3) is 0 Å². The van der Waals surface area contributed by atoms with Crippen LogP contribution in [0.3, 0.4) is 0 Å². The van der Waals surface area contributed by atoms with Gasteiger partial charge < -0.3 is 46.4 Å². The third-order valence-corrected chi connectivity index (χ3v) is 11.9. The highest BCUT2D eigenvalue weighted by Gasteiger charge is 2.42. The lowest BCUT2D eigenvalue weighted by atomic mass is 10.0. The monoisotopic (exact) mass is 850 g/mol. The van der Waals surface area contributed by atoms with Gasteiger partial charge in [0.2, 0.25) is 11.8 Å². The lowest BCUT2D eigenvalue weighted by molar-refractivity contribution is -0.145. The number of urea groups is 1.